The first-order valence-corrected chi connectivity index (χ1v) is 12.7. The van der Waals surface area contributed by atoms with Crippen LogP contribution in [0.1, 0.15) is 53.3 Å². The number of ether oxygens (including phenoxy) is 1. The van der Waals surface area contributed by atoms with Gasteiger partial charge in [0.15, 0.2) is 0 Å². The van der Waals surface area contributed by atoms with Crippen LogP contribution in [0.4, 0.5) is 0 Å². The van der Waals surface area contributed by atoms with E-state index < -0.39 is 6.04 Å². The molecule has 6 heteroatoms. The third-order valence-electron chi connectivity index (χ3n) is 6.50. The lowest BCUT2D eigenvalue weighted by Gasteiger charge is -2.33. The van der Waals surface area contributed by atoms with Gasteiger partial charge in [-0.15, -0.1) is 11.3 Å². The average molecular weight is 477 g/mol. The minimum atomic E-state index is -0.723. The topological polar surface area (TPSA) is 58.6 Å². The van der Waals surface area contributed by atoms with Crippen LogP contribution in [0.3, 0.4) is 0 Å². The third kappa shape index (κ3) is 5.68. The van der Waals surface area contributed by atoms with E-state index in [-0.39, 0.29) is 30.8 Å². The molecule has 34 heavy (non-hydrogen) atoms. The number of nitrogens with one attached hydrogen (secondary N) is 1. The number of benzene rings is 2. The molecule has 0 aliphatic heterocycles. The van der Waals surface area contributed by atoms with Crippen LogP contribution in [0.5, 0.6) is 5.75 Å². The molecule has 1 aliphatic rings. The number of para-hydroxylation sites is 1. The Kier molecular flexibility index (Phi) is 8.01. The summed E-state index contributed by atoms with van der Waals surface area (Å²) in [6, 6.07) is 18.9. The Morgan fingerprint density at radius 1 is 1.06 bits per heavy atom. The van der Waals surface area contributed by atoms with Gasteiger partial charge in [0.25, 0.3) is 0 Å². The molecule has 0 radical (unpaired) electrons. The summed E-state index contributed by atoms with van der Waals surface area (Å²) in [5.74, 6) is 0.509. The van der Waals surface area contributed by atoms with E-state index in [9.17, 15) is 9.59 Å². The summed E-state index contributed by atoms with van der Waals surface area (Å²) in [6.07, 6.45) is 4.49. The summed E-state index contributed by atoms with van der Waals surface area (Å²) >= 11 is 1.56. The highest BCUT2D eigenvalue weighted by Crippen LogP contribution is 2.31. The van der Waals surface area contributed by atoms with Crippen molar-refractivity contribution in [3.8, 4) is 5.75 Å². The highest BCUT2D eigenvalue weighted by atomic mass is 32.1. The number of aryl methyl sites for hydroxylation is 1. The molecule has 5 nitrogen and oxygen atoms in total. The van der Waals surface area contributed by atoms with Crippen LogP contribution < -0.4 is 10.1 Å². The zero-order valence-electron chi connectivity index (χ0n) is 19.8. The lowest BCUT2D eigenvalue weighted by Crippen LogP contribution is -2.46. The van der Waals surface area contributed by atoms with Crippen LogP contribution >= 0.6 is 11.3 Å². The molecule has 0 saturated heterocycles. The van der Waals surface area contributed by atoms with E-state index in [1.54, 1.807) is 23.3 Å². The standard InChI is InChI=1S/C28H32N2O3S/c1-20-10-3-7-15-24(20)27(28(32)29-22-12-5-6-13-22)30(26(31)18-23-14-9-17-34-23)19-21-11-4-8-16-25(21)33-2/h3-4,7-11,14-17,22,27H,5-6,12-13,18-19H2,1-2H3,(H,29,32). The van der Waals surface area contributed by atoms with Crippen LogP contribution in [0.25, 0.3) is 0 Å². The van der Waals surface area contributed by atoms with Gasteiger partial charge in [0.05, 0.1) is 20.1 Å². The number of hydrogen-bond donors (Lipinski definition) is 1. The molecule has 4 rings (SSSR count). The number of carbonyl (C=O) groups is 2. The monoisotopic (exact) mass is 476 g/mol. The fourth-order valence-electron chi connectivity index (χ4n) is 4.70. The molecule has 2 aromatic carbocycles. The normalized spacial score (nSPS) is 14.5. The van der Waals surface area contributed by atoms with Crippen molar-refractivity contribution in [3.63, 3.8) is 0 Å². The minimum absolute atomic E-state index is 0.0804. The van der Waals surface area contributed by atoms with E-state index in [0.29, 0.717) is 5.75 Å². The predicted molar refractivity (Wildman–Crippen MR) is 136 cm³/mol. The second kappa shape index (κ2) is 11.3. The van der Waals surface area contributed by atoms with E-state index in [4.69, 9.17) is 4.74 Å². The number of methoxy groups -OCH3 is 1. The number of hydrogen-bond acceptors (Lipinski definition) is 4. The molecule has 1 heterocycles. The fraction of sp³-hybridized carbons (Fsp3) is 0.357. The van der Waals surface area contributed by atoms with Gasteiger partial charge in [0.2, 0.25) is 11.8 Å². The number of nitrogens with zero attached hydrogens (tertiary/aromatic N) is 1. The lowest BCUT2D eigenvalue weighted by molar-refractivity contribution is -0.141. The number of amides is 2. The van der Waals surface area contributed by atoms with Crippen molar-refractivity contribution in [1.82, 2.24) is 10.2 Å². The maximum atomic E-state index is 13.8. The second-order valence-corrected chi connectivity index (χ2v) is 9.87. The van der Waals surface area contributed by atoms with Crippen LogP contribution in [0.2, 0.25) is 0 Å². The highest BCUT2D eigenvalue weighted by Gasteiger charge is 2.34. The first kappa shape index (κ1) is 24.0. The molecule has 0 bridgehead atoms. The van der Waals surface area contributed by atoms with Crippen molar-refractivity contribution in [2.45, 2.75) is 57.7 Å². The zero-order valence-corrected chi connectivity index (χ0v) is 20.6. The van der Waals surface area contributed by atoms with Crippen molar-refractivity contribution in [1.29, 1.82) is 0 Å². The van der Waals surface area contributed by atoms with E-state index in [0.717, 1.165) is 47.3 Å². The summed E-state index contributed by atoms with van der Waals surface area (Å²) in [5, 5.41) is 5.22. The van der Waals surface area contributed by atoms with Crippen LogP contribution in [-0.4, -0.2) is 29.9 Å². The van der Waals surface area contributed by atoms with Crippen molar-refractivity contribution < 1.29 is 14.3 Å². The Labute approximate surface area is 205 Å². The average Bonchev–Trinajstić information content (AvgIpc) is 3.54. The summed E-state index contributed by atoms with van der Waals surface area (Å²) in [4.78, 5) is 30.3. The molecular weight excluding hydrogens is 444 g/mol. The second-order valence-electron chi connectivity index (χ2n) is 8.84. The van der Waals surface area contributed by atoms with Crippen molar-refractivity contribution in [3.05, 3.63) is 87.6 Å². The molecule has 1 atom stereocenters. The van der Waals surface area contributed by atoms with Gasteiger partial charge in [-0.25, -0.2) is 0 Å². The van der Waals surface area contributed by atoms with E-state index in [1.807, 2.05) is 73.0 Å². The first-order chi connectivity index (χ1) is 16.6. The molecule has 1 unspecified atom stereocenters. The van der Waals surface area contributed by atoms with Crippen LogP contribution in [-0.2, 0) is 22.6 Å². The molecule has 1 aliphatic carbocycles. The molecule has 1 saturated carbocycles. The zero-order chi connectivity index (χ0) is 23.9. The van der Waals surface area contributed by atoms with E-state index in [1.165, 1.54) is 0 Å². The van der Waals surface area contributed by atoms with Gasteiger partial charge in [-0.3, -0.25) is 9.59 Å². The van der Waals surface area contributed by atoms with Gasteiger partial charge in [0, 0.05) is 16.5 Å². The Bertz CT molecular complexity index is 1110. The Morgan fingerprint density at radius 2 is 1.79 bits per heavy atom. The van der Waals surface area contributed by atoms with E-state index >= 15 is 0 Å². The third-order valence-corrected chi connectivity index (χ3v) is 7.38. The SMILES string of the molecule is COc1ccccc1CN(C(=O)Cc1cccs1)C(C(=O)NC1CCCC1)c1ccccc1C. The first-order valence-electron chi connectivity index (χ1n) is 11.9. The van der Waals surface area contributed by atoms with Gasteiger partial charge >= 0.3 is 0 Å². The number of rotatable bonds is 9. The molecule has 3 aromatic rings. The van der Waals surface area contributed by atoms with Crippen molar-refractivity contribution >= 4 is 23.2 Å². The minimum Gasteiger partial charge on any atom is -0.496 e. The van der Waals surface area contributed by atoms with Gasteiger partial charge in [-0.2, -0.15) is 0 Å². The number of carbonyl (C=O) groups excluding carboxylic acids is 2. The van der Waals surface area contributed by atoms with Gasteiger partial charge in [-0.1, -0.05) is 61.4 Å². The molecular formula is C28H32N2O3S. The largest absolute Gasteiger partial charge is 0.496 e. The van der Waals surface area contributed by atoms with Gasteiger partial charge in [-0.05, 0) is 48.4 Å². The molecule has 2 amide bonds. The number of thiophene rings is 1. The summed E-state index contributed by atoms with van der Waals surface area (Å²) in [5.41, 5.74) is 2.72. The molecule has 1 N–H and O–H groups in total. The molecule has 0 spiro atoms. The predicted octanol–water partition coefficient (Wildman–Crippen LogP) is 5.44. The Hall–Kier alpha value is -3.12. The van der Waals surface area contributed by atoms with Crippen LogP contribution in [0, 0.1) is 6.92 Å². The Balaban J connectivity index is 1.74. The lowest BCUT2D eigenvalue weighted by atomic mass is 9.97. The summed E-state index contributed by atoms with van der Waals surface area (Å²) < 4.78 is 5.57. The van der Waals surface area contributed by atoms with Crippen molar-refractivity contribution in [2.75, 3.05) is 7.11 Å². The quantitative estimate of drug-likeness (QED) is 0.448. The summed E-state index contributed by atoms with van der Waals surface area (Å²) in [7, 11) is 1.63. The van der Waals surface area contributed by atoms with Gasteiger partial charge in [0.1, 0.15) is 11.8 Å². The summed E-state index contributed by atoms with van der Waals surface area (Å²) in [6.45, 7) is 2.28. The van der Waals surface area contributed by atoms with Gasteiger partial charge < -0.3 is 15.0 Å². The van der Waals surface area contributed by atoms with E-state index in [2.05, 4.69) is 5.32 Å². The highest BCUT2D eigenvalue weighted by molar-refractivity contribution is 7.10. The molecule has 1 fully saturated rings. The maximum Gasteiger partial charge on any atom is 0.247 e. The maximum absolute atomic E-state index is 13.8. The Morgan fingerprint density at radius 3 is 2.50 bits per heavy atom. The van der Waals surface area contributed by atoms with Crippen molar-refractivity contribution in [2.24, 2.45) is 0 Å². The smallest absolute Gasteiger partial charge is 0.247 e. The molecule has 1 aromatic heterocycles. The van der Waals surface area contributed by atoms with Crippen LogP contribution in [0.15, 0.2) is 66.0 Å². The molecule has 178 valence electrons. The fourth-order valence-corrected chi connectivity index (χ4v) is 5.39.